The molecule has 0 saturated carbocycles. The first-order valence-electron chi connectivity index (χ1n) is 5.99. The van der Waals surface area contributed by atoms with E-state index in [-0.39, 0.29) is 6.29 Å². The van der Waals surface area contributed by atoms with Crippen molar-refractivity contribution in [3.8, 4) is 0 Å². The normalized spacial score (nSPS) is 10.6. The predicted octanol–water partition coefficient (Wildman–Crippen LogP) is 3.82. The maximum absolute atomic E-state index is 5.04. The van der Waals surface area contributed by atoms with Gasteiger partial charge in [0.1, 0.15) is 0 Å². The second-order valence-corrected chi connectivity index (χ2v) is 4.27. The zero-order chi connectivity index (χ0) is 14.0. The zero-order valence-corrected chi connectivity index (χ0v) is 13.3. The third kappa shape index (κ3) is 6.28. The Morgan fingerprint density at radius 3 is 2.39 bits per heavy atom. The standard InChI is InChI=1S/C12H16BrNO2.C2H6/c1-9-4-5-10(11(13)6-9)7-14-8-12(15-2)16-3;1-2/h4-7,12H,8H2,1-3H3;1-2H3. The Bertz CT molecular complexity index is 363. The number of hydrogen-bond donors (Lipinski definition) is 0. The lowest BCUT2D eigenvalue weighted by Crippen LogP contribution is -2.16. The lowest BCUT2D eigenvalue weighted by molar-refractivity contribution is -0.0936. The summed E-state index contributed by atoms with van der Waals surface area (Å²) >= 11 is 3.49. The maximum Gasteiger partial charge on any atom is 0.176 e. The Morgan fingerprint density at radius 1 is 1.28 bits per heavy atom. The molecule has 1 rings (SSSR count). The number of aliphatic imine (C=N–C) groups is 1. The summed E-state index contributed by atoms with van der Waals surface area (Å²) < 4.78 is 11.1. The molecule has 102 valence electrons. The molecule has 0 heterocycles. The van der Waals surface area contributed by atoms with E-state index in [0.29, 0.717) is 6.54 Å². The molecular formula is C14H22BrNO2. The molecule has 0 fully saturated rings. The topological polar surface area (TPSA) is 30.8 Å². The van der Waals surface area contributed by atoms with Gasteiger partial charge in [-0.25, -0.2) is 0 Å². The first-order valence-corrected chi connectivity index (χ1v) is 6.78. The average Bonchev–Trinajstić information content (AvgIpc) is 2.39. The minimum atomic E-state index is -0.277. The highest BCUT2D eigenvalue weighted by Gasteiger charge is 2.02. The first kappa shape index (κ1) is 17.3. The van der Waals surface area contributed by atoms with Gasteiger partial charge in [-0.3, -0.25) is 4.99 Å². The molecule has 0 aliphatic heterocycles. The van der Waals surface area contributed by atoms with Crippen molar-refractivity contribution in [3.05, 3.63) is 33.8 Å². The summed E-state index contributed by atoms with van der Waals surface area (Å²) in [5.74, 6) is 0. The van der Waals surface area contributed by atoms with Crippen LogP contribution in [0.5, 0.6) is 0 Å². The van der Waals surface area contributed by atoms with E-state index in [4.69, 9.17) is 9.47 Å². The fourth-order valence-electron chi connectivity index (χ4n) is 1.22. The van der Waals surface area contributed by atoms with Gasteiger partial charge in [-0.1, -0.05) is 41.9 Å². The van der Waals surface area contributed by atoms with Crippen LogP contribution in [0, 0.1) is 6.92 Å². The quantitative estimate of drug-likeness (QED) is 0.611. The summed E-state index contributed by atoms with van der Waals surface area (Å²) in [4.78, 5) is 4.27. The molecule has 0 atom stereocenters. The first-order chi connectivity index (χ1) is 8.67. The number of nitrogens with zero attached hydrogens (tertiary/aromatic N) is 1. The smallest absolute Gasteiger partial charge is 0.176 e. The van der Waals surface area contributed by atoms with Gasteiger partial charge in [-0.2, -0.15) is 0 Å². The van der Waals surface area contributed by atoms with Gasteiger partial charge in [0.2, 0.25) is 0 Å². The van der Waals surface area contributed by atoms with E-state index in [9.17, 15) is 0 Å². The molecule has 0 bridgehead atoms. The van der Waals surface area contributed by atoms with Crippen molar-refractivity contribution in [2.24, 2.45) is 4.99 Å². The molecule has 3 nitrogen and oxygen atoms in total. The highest BCUT2D eigenvalue weighted by Crippen LogP contribution is 2.16. The van der Waals surface area contributed by atoms with Gasteiger partial charge in [-0.15, -0.1) is 0 Å². The third-order valence-electron chi connectivity index (χ3n) is 2.17. The Labute approximate surface area is 118 Å². The average molecular weight is 316 g/mol. The van der Waals surface area contributed by atoms with Gasteiger partial charge in [0.25, 0.3) is 0 Å². The number of rotatable bonds is 5. The molecule has 0 radical (unpaired) electrons. The number of ether oxygens (including phenoxy) is 2. The van der Waals surface area contributed by atoms with Crippen LogP contribution in [-0.4, -0.2) is 33.3 Å². The summed E-state index contributed by atoms with van der Waals surface area (Å²) in [5, 5.41) is 0. The fourth-order valence-corrected chi connectivity index (χ4v) is 1.81. The second-order valence-electron chi connectivity index (χ2n) is 3.42. The summed E-state index contributed by atoms with van der Waals surface area (Å²) in [5.41, 5.74) is 2.27. The molecule has 1 aromatic carbocycles. The summed E-state index contributed by atoms with van der Waals surface area (Å²) in [6.07, 6.45) is 1.54. The highest BCUT2D eigenvalue weighted by molar-refractivity contribution is 9.10. The van der Waals surface area contributed by atoms with E-state index in [2.05, 4.69) is 40.0 Å². The number of aryl methyl sites for hydroxylation is 1. The molecular weight excluding hydrogens is 294 g/mol. The molecule has 0 amide bonds. The van der Waals surface area contributed by atoms with Crippen LogP contribution in [0.4, 0.5) is 0 Å². The van der Waals surface area contributed by atoms with E-state index in [1.807, 2.05) is 26.1 Å². The summed E-state index contributed by atoms with van der Waals surface area (Å²) in [6, 6.07) is 6.14. The van der Waals surface area contributed by atoms with E-state index >= 15 is 0 Å². The van der Waals surface area contributed by atoms with Crippen molar-refractivity contribution >= 4 is 22.1 Å². The molecule has 0 spiro atoms. The summed E-state index contributed by atoms with van der Waals surface area (Å²) in [6.45, 7) is 6.55. The van der Waals surface area contributed by atoms with Crippen LogP contribution < -0.4 is 0 Å². The van der Waals surface area contributed by atoms with Gasteiger partial charge < -0.3 is 9.47 Å². The predicted molar refractivity (Wildman–Crippen MR) is 80.5 cm³/mol. The molecule has 0 aliphatic rings. The molecule has 0 aromatic heterocycles. The van der Waals surface area contributed by atoms with Crippen molar-refractivity contribution in [2.75, 3.05) is 20.8 Å². The summed E-state index contributed by atoms with van der Waals surface area (Å²) in [7, 11) is 3.21. The molecule has 0 saturated heterocycles. The van der Waals surface area contributed by atoms with Crippen LogP contribution >= 0.6 is 15.9 Å². The number of hydrogen-bond acceptors (Lipinski definition) is 3. The SMILES string of the molecule is CC.COC(CN=Cc1ccc(C)cc1Br)OC. The largest absolute Gasteiger partial charge is 0.354 e. The van der Waals surface area contributed by atoms with Gasteiger partial charge in [0, 0.05) is 30.5 Å². The second kappa shape index (κ2) is 10.2. The van der Waals surface area contributed by atoms with Crippen LogP contribution in [0.1, 0.15) is 25.0 Å². The van der Waals surface area contributed by atoms with Crippen molar-refractivity contribution in [1.29, 1.82) is 0 Å². The number of halogens is 1. The number of methoxy groups -OCH3 is 2. The number of benzene rings is 1. The Hall–Kier alpha value is -0.710. The minimum absolute atomic E-state index is 0.277. The minimum Gasteiger partial charge on any atom is -0.354 e. The third-order valence-corrected chi connectivity index (χ3v) is 2.85. The van der Waals surface area contributed by atoms with E-state index in [1.54, 1.807) is 14.2 Å². The van der Waals surface area contributed by atoms with Crippen molar-refractivity contribution in [3.63, 3.8) is 0 Å². The van der Waals surface area contributed by atoms with Gasteiger partial charge in [0.05, 0.1) is 6.54 Å². The Kier molecular flexibility index (Phi) is 9.83. The van der Waals surface area contributed by atoms with Gasteiger partial charge in [-0.05, 0) is 18.6 Å². The van der Waals surface area contributed by atoms with Crippen LogP contribution in [0.2, 0.25) is 0 Å². The van der Waals surface area contributed by atoms with Crippen LogP contribution in [0.25, 0.3) is 0 Å². The van der Waals surface area contributed by atoms with E-state index in [1.165, 1.54) is 5.56 Å². The molecule has 0 aliphatic carbocycles. The Morgan fingerprint density at radius 2 is 1.89 bits per heavy atom. The lowest BCUT2D eigenvalue weighted by Gasteiger charge is -2.09. The van der Waals surface area contributed by atoms with Crippen molar-refractivity contribution in [1.82, 2.24) is 0 Å². The van der Waals surface area contributed by atoms with E-state index < -0.39 is 0 Å². The lowest BCUT2D eigenvalue weighted by atomic mass is 10.2. The van der Waals surface area contributed by atoms with Crippen LogP contribution in [-0.2, 0) is 9.47 Å². The Balaban J connectivity index is 0.00000137. The van der Waals surface area contributed by atoms with Gasteiger partial charge >= 0.3 is 0 Å². The fraction of sp³-hybridized carbons (Fsp3) is 0.500. The van der Waals surface area contributed by atoms with Crippen molar-refractivity contribution in [2.45, 2.75) is 27.1 Å². The highest BCUT2D eigenvalue weighted by atomic mass is 79.9. The van der Waals surface area contributed by atoms with Gasteiger partial charge in [0.15, 0.2) is 6.29 Å². The molecule has 0 unspecified atom stereocenters. The monoisotopic (exact) mass is 315 g/mol. The molecule has 4 heteroatoms. The molecule has 0 N–H and O–H groups in total. The van der Waals surface area contributed by atoms with Crippen LogP contribution in [0.3, 0.4) is 0 Å². The molecule has 1 aromatic rings. The van der Waals surface area contributed by atoms with Crippen molar-refractivity contribution < 1.29 is 9.47 Å². The maximum atomic E-state index is 5.04. The molecule has 18 heavy (non-hydrogen) atoms. The van der Waals surface area contributed by atoms with Crippen LogP contribution in [0.15, 0.2) is 27.7 Å². The van der Waals surface area contributed by atoms with E-state index in [0.717, 1.165) is 10.0 Å². The zero-order valence-electron chi connectivity index (χ0n) is 11.7.